The molecule has 1 saturated heterocycles. The van der Waals surface area contributed by atoms with E-state index in [1.807, 2.05) is 30.3 Å². The Morgan fingerprint density at radius 1 is 1.08 bits per heavy atom. The molecule has 0 aliphatic carbocycles. The molecule has 2 aromatic carbocycles. The van der Waals surface area contributed by atoms with Crippen molar-refractivity contribution in [2.24, 2.45) is 0 Å². The molecule has 1 aromatic heterocycles. The average molecular weight is 335 g/mol. The third-order valence-corrected chi connectivity index (χ3v) is 4.14. The summed E-state index contributed by atoms with van der Waals surface area (Å²) in [5.41, 5.74) is 0.639. The number of nitrogens with zero attached hydrogens (tertiary/aromatic N) is 3. The standard InChI is InChI=1S/C19H17N3O3/c1-13-20-18(25-21-13)15-11-22(12-15)19(23)14-7-9-17(10-8-14)24-16-5-3-2-4-6-16/h2-10,15H,11-12H2,1H3. The van der Waals surface area contributed by atoms with Crippen LogP contribution in [0.15, 0.2) is 59.1 Å². The van der Waals surface area contributed by atoms with Gasteiger partial charge in [-0.25, -0.2) is 0 Å². The molecular formula is C19H17N3O3. The number of para-hydroxylation sites is 1. The van der Waals surface area contributed by atoms with Crippen molar-refractivity contribution in [3.63, 3.8) is 0 Å². The molecule has 0 N–H and O–H groups in total. The van der Waals surface area contributed by atoms with Gasteiger partial charge in [0.25, 0.3) is 5.91 Å². The highest BCUT2D eigenvalue weighted by Crippen LogP contribution is 2.28. The highest BCUT2D eigenvalue weighted by molar-refractivity contribution is 5.95. The number of carbonyl (C=O) groups is 1. The largest absolute Gasteiger partial charge is 0.457 e. The van der Waals surface area contributed by atoms with Gasteiger partial charge in [0.2, 0.25) is 5.89 Å². The lowest BCUT2D eigenvalue weighted by Crippen LogP contribution is -2.48. The quantitative estimate of drug-likeness (QED) is 0.731. The Kier molecular flexibility index (Phi) is 3.93. The average Bonchev–Trinajstić information content (AvgIpc) is 3.01. The third kappa shape index (κ3) is 3.24. The van der Waals surface area contributed by atoms with Crippen LogP contribution in [-0.4, -0.2) is 34.0 Å². The van der Waals surface area contributed by atoms with Crippen molar-refractivity contribution in [3.05, 3.63) is 71.9 Å². The maximum Gasteiger partial charge on any atom is 0.253 e. The summed E-state index contributed by atoms with van der Waals surface area (Å²) in [6.07, 6.45) is 0. The second-order valence-electron chi connectivity index (χ2n) is 6.03. The molecule has 3 aromatic rings. The summed E-state index contributed by atoms with van der Waals surface area (Å²) in [6, 6.07) is 16.7. The van der Waals surface area contributed by atoms with Crippen LogP contribution in [0.5, 0.6) is 11.5 Å². The first kappa shape index (κ1) is 15.4. The first-order chi connectivity index (χ1) is 12.2. The summed E-state index contributed by atoms with van der Waals surface area (Å²) in [5.74, 6) is 2.82. The molecule has 1 aliphatic rings. The van der Waals surface area contributed by atoms with Gasteiger partial charge in [0, 0.05) is 18.7 Å². The molecule has 25 heavy (non-hydrogen) atoms. The number of benzene rings is 2. The Morgan fingerprint density at radius 3 is 2.40 bits per heavy atom. The summed E-state index contributed by atoms with van der Waals surface area (Å²) < 4.78 is 10.9. The molecule has 1 amide bonds. The molecule has 0 bridgehead atoms. The van der Waals surface area contributed by atoms with Gasteiger partial charge in [0.15, 0.2) is 5.82 Å². The van der Waals surface area contributed by atoms with Crippen LogP contribution in [0.1, 0.15) is 28.0 Å². The first-order valence-corrected chi connectivity index (χ1v) is 8.11. The van der Waals surface area contributed by atoms with Gasteiger partial charge in [-0.2, -0.15) is 4.98 Å². The molecule has 126 valence electrons. The highest BCUT2D eigenvalue weighted by Gasteiger charge is 2.35. The van der Waals surface area contributed by atoms with E-state index in [0.29, 0.717) is 36.1 Å². The first-order valence-electron chi connectivity index (χ1n) is 8.11. The molecule has 1 aliphatic heterocycles. The minimum absolute atomic E-state index is 0.00116. The van der Waals surface area contributed by atoms with Crippen LogP contribution in [0.2, 0.25) is 0 Å². The topological polar surface area (TPSA) is 68.5 Å². The van der Waals surface area contributed by atoms with Gasteiger partial charge >= 0.3 is 0 Å². The zero-order valence-corrected chi connectivity index (χ0v) is 13.8. The Morgan fingerprint density at radius 2 is 1.76 bits per heavy atom. The minimum atomic E-state index is -0.00116. The molecule has 0 saturated carbocycles. The number of ether oxygens (including phenoxy) is 1. The normalized spacial score (nSPS) is 14.2. The van der Waals surface area contributed by atoms with Crippen LogP contribution in [0.3, 0.4) is 0 Å². The van der Waals surface area contributed by atoms with Crippen molar-refractivity contribution in [3.8, 4) is 11.5 Å². The smallest absolute Gasteiger partial charge is 0.253 e. The van der Waals surface area contributed by atoms with Crippen LogP contribution >= 0.6 is 0 Å². The fourth-order valence-corrected chi connectivity index (χ4v) is 2.75. The maximum absolute atomic E-state index is 12.5. The van der Waals surface area contributed by atoms with Crippen molar-refractivity contribution >= 4 is 5.91 Å². The van der Waals surface area contributed by atoms with E-state index in [0.717, 1.165) is 5.75 Å². The predicted octanol–water partition coefficient (Wildman–Crippen LogP) is 3.41. The van der Waals surface area contributed by atoms with E-state index in [4.69, 9.17) is 9.26 Å². The number of carbonyl (C=O) groups excluding carboxylic acids is 1. The van der Waals surface area contributed by atoms with Crippen molar-refractivity contribution < 1.29 is 14.1 Å². The Bertz CT molecular complexity index is 868. The fraction of sp³-hybridized carbons (Fsp3) is 0.211. The zero-order chi connectivity index (χ0) is 17.2. The number of amides is 1. The lowest BCUT2D eigenvalue weighted by Gasteiger charge is -2.37. The van der Waals surface area contributed by atoms with E-state index in [9.17, 15) is 4.79 Å². The van der Waals surface area contributed by atoms with Crippen LogP contribution in [-0.2, 0) is 0 Å². The number of rotatable bonds is 4. The summed E-state index contributed by atoms with van der Waals surface area (Å²) >= 11 is 0. The second-order valence-corrected chi connectivity index (χ2v) is 6.03. The van der Waals surface area contributed by atoms with E-state index in [1.165, 1.54) is 0 Å². The van der Waals surface area contributed by atoms with Crippen LogP contribution < -0.4 is 4.74 Å². The Balaban J connectivity index is 1.37. The van der Waals surface area contributed by atoms with Crippen molar-refractivity contribution in [2.75, 3.05) is 13.1 Å². The van der Waals surface area contributed by atoms with Gasteiger partial charge in [0.05, 0.1) is 5.92 Å². The molecule has 2 heterocycles. The van der Waals surface area contributed by atoms with Gasteiger partial charge < -0.3 is 14.2 Å². The number of likely N-dealkylation sites (tertiary alicyclic amines) is 1. The SMILES string of the molecule is Cc1noc(C2CN(C(=O)c3ccc(Oc4ccccc4)cc3)C2)n1. The molecule has 1 fully saturated rings. The van der Waals surface area contributed by atoms with E-state index in [-0.39, 0.29) is 11.8 Å². The number of aromatic nitrogens is 2. The lowest BCUT2D eigenvalue weighted by molar-refractivity contribution is 0.0569. The molecule has 4 rings (SSSR count). The molecule has 0 spiro atoms. The minimum Gasteiger partial charge on any atom is -0.457 e. The van der Waals surface area contributed by atoms with Gasteiger partial charge in [-0.3, -0.25) is 4.79 Å². The number of aryl methyl sites for hydroxylation is 1. The summed E-state index contributed by atoms with van der Waals surface area (Å²) in [6.45, 7) is 2.99. The second kappa shape index (κ2) is 6.39. The molecule has 0 unspecified atom stereocenters. The van der Waals surface area contributed by atoms with Crippen LogP contribution in [0, 0.1) is 6.92 Å². The summed E-state index contributed by atoms with van der Waals surface area (Å²) in [7, 11) is 0. The Hall–Kier alpha value is -3.15. The highest BCUT2D eigenvalue weighted by atomic mass is 16.5. The van der Waals surface area contributed by atoms with E-state index in [2.05, 4.69) is 10.1 Å². The van der Waals surface area contributed by atoms with Crippen molar-refractivity contribution in [2.45, 2.75) is 12.8 Å². The monoisotopic (exact) mass is 335 g/mol. The van der Waals surface area contributed by atoms with Gasteiger partial charge in [-0.15, -0.1) is 0 Å². The molecule has 0 atom stereocenters. The van der Waals surface area contributed by atoms with Crippen LogP contribution in [0.25, 0.3) is 0 Å². The van der Waals surface area contributed by atoms with E-state index >= 15 is 0 Å². The summed E-state index contributed by atoms with van der Waals surface area (Å²) in [4.78, 5) is 18.5. The molecular weight excluding hydrogens is 318 g/mol. The summed E-state index contributed by atoms with van der Waals surface area (Å²) in [5, 5.41) is 3.79. The Labute approximate surface area is 145 Å². The van der Waals surface area contributed by atoms with Crippen LogP contribution in [0.4, 0.5) is 0 Å². The maximum atomic E-state index is 12.5. The van der Waals surface area contributed by atoms with Crippen molar-refractivity contribution in [1.29, 1.82) is 0 Å². The molecule has 6 nitrogen and oxygen atoms in total. The molecule has 0 radical (unpaired) electrons. The lowest BCUT2D eigenvalue weighted by atomic mass is 9.99. The fourth-order valence-electron chi connectivity index (χ4n) is 2.75. The molecule has 6 heteroatoms. The van der Waals surface area contributed by atoms with Crippen molar-refractivity contribution in [1.82, 2.24) is 15.0 Å². The zero-order valence-electron chi connectivity index (χ0n) is 13.8. The van der Waals surface area contributed by atoms with Gasteiger partial charge in [-0.05, 0) is 43.3 Å². The third-order valence-electron chi connectivity index (χ3n) is 4.14. The van der Waals surface area contributed by atoms with E-state index in [1.54, 1.807) is 36.1 Å². The number of hydrogen-bond donors (Lipinski definition) is 0. The van der Waals surface area contributed by atoms with Gasteiger partial charge in [0.1, 0.15) is 11.5 Å². The number of hydrogen-bond acceptors (Lipinski definition) is 5. The van der Waals surface area contributed by atoms with E-state index < -0.39 is 0 Å². The predicted molar refractivity (Wildman–Crippen MR) is 90.6 cm³/mol. The van der Waals surface area contributed by atoms with Gasteiger partial charge in [-0.1, -0.05) is 23.4 Å².